The zero-order valence-electron chi connectivity index (χ0n) is 18.0. The highest BCUT2D eigenvalue weighted by Crippen LogP contribution is 2.33. The van der Waals surface area contributed by atoms with Crippen LogP contribution in [-0.4, -0.2) is 80.6 Å². The molecule has 1 aromatic carbocycles. The maximum atomic E-state index is 11.9. The Hall–Kier alpha value is -3.02. The number of aromatic nitrogens is 3. The van der Waals surface area contributed by atoms with E-state index in [1.807, 2.05) is 18.2 Å². The molecule has 1 unspecified atom stereocenters. The van der Waals surface area contributed by atoms with E-state index in [-0.39, 0.29) is 13.2 Å². The molecule has 3 heterocycles. The molecule has 4 rings (SSSR count). The third-order valence-electron chi connectivity index (χ3n) is 5.08. The van der Waals surface area contributed by atoms with Gasteiger partial charge in [-0.05, 0) is 24.3 Å². The fourth-order valence-corrected chi connectivity index (χ4v) is 4.30. The van der Waals surface area contributed by atoms with E-state index in [9.17, 15) is 8.42 Å². The van der Waals surface area contributed by atoms with Crippen LogP contribution in [0.15, 0.2) is 36.7 Å². The summed E-state index contributed by atoms with van der Waals surface area (Å²) in [6, 6.07) is 7.30. The van der Waals surface area contributed by atoms with Gasteiger partial charge in [-0.1, -0.05) is 0 Å². The van der Waals surface area contributed by atoms with Crippen molar-refractivity contribution in [3.63, 3.8) is 0 Å². The van der Waals surface area contributed by atoms with Gasteiger partial charge >= 0.3 is 0 Å². The van der Waals surface area contributed by atoms with E-state index < -0.39 is 16.1 Å². The number of rotatable bonds is 7. The molecule has 1 aliphatic rings. The molecule has 32 heavy (non-hydrogen) atoms. The molecular weight excluding hydrogens is 436 g/mol. The molecule has 170 valence electrons. The first-order chi connectivity index (χ1) is 15.4. The maximum Gasteiger partial charge on any atom is 0.242 e. The molecule has 0 amide bonds. The summed E-state index contributed by atoms with van der Waals surface area (Å²) in [6.45, 7) is 0.982. The summed E-state index contributed by atoms with van der Waals surface area (Å²) < 4.78 is 47.5. The number of benzene rings is 1. The zero-order chi connectivity index (χ0) is 22.7. The summed E-state index contributed by atoms with van der Waals surface area (Å²) in [4.78, 5) is 13.4. The normalized spacial score (nSPS) is 17.3. The Bertz CT molecular complexity index is 1220. The number of sulfonamides is 1. The second-order valence-corrected chi connectivity index (χ2v) is 9.21. The number of hydrogen-bond donors (Lipinski definition) is 0. The van der Waals surface area contributed by atoms with Crippen molar-refractivity contribution in [2.24, 2.45) is 0 Å². The van der Waals surface area contributed by atoms with Crippen molar-refractivity contribution >= 4 is 21.1 Å². The predicted octanol–water partition coefficient (Wildman–Crippen LogP) is 1.75. The van der Waals surface area contributed by atoms with Crippen molar-refractivity contribution in [3.05, 3.63) is 36.7 Å². The van der Waals surface area contributed by atoms with Gasteiger partial charge in [-0.25, -0.2) is 18.4 Å². The van der Waals surface area contributed by atoms with Crippen molar-refractivity contribution in [3.8, 4) is 28.6 Å². The molecule has 1 saturated heterocycles. The van der Waals surface area contributed by atoms with Crippen molar-refractivity contribution in [1.29, 1.82) is 0 Å². The van der Waals surface area contributed by atoms with E-state index >= 15 is 0 Å². The van der Waals surface area contributed by atoms with Crippen LogP contribution >= 0.6 is 0 Å². The molecule has 2 aromatic heterocycles. The smallest absolute Gasteiger partial charge is 0.242 e. The molecule has 1 atom stereocenters. The minimum Gasteiger partial charge on any atom is -0.493 e. The Labute approximate surface area is 186 Å². The van der Waals surface area contributed by atoms with E-state index in [2.05, 4.69) is 15.0 Å². The van der Waals surface area contributed by atoms with Crippen LogP contribution in [0, 0.1) is 0 Å². The van der Waals surface area contributed by atoms with E-state index in [1.165, 1.54) is 10.6 Å². The van der Waals surface area contributed by atoms with Crippen molar-refractivity contribution in [2.75, 3.05) is 46.8 Å². The lowest BCUT2D eigenvalue weighted by atomic mass is 10.1. The number of morpholine rings is 1. The second-order valence-electron chi connectivity index (χ2n) is 7.23. The Morgan fingerprint density at radius 2 is 1.91 bits per heavy atom. The zero-order valence-corrected chi connectivity index (χ0v) is 18.8. The van der Waals surface area contributed by atoms with Gasteiger partial charge in [-0.15, -0.1) is 0 Å². The molecule has 0 spiro atoms. The van der Waals surface area contributed by atoms with Crippen LogP contribution in [0.2, 0.25) is 0 Å². The number of hydrogen-bond acceptors (Lipinski definition) is 9. The molecule has 10 nitrogen and oxygen atoms in total. The van der Waals surface area contributed by atoms with E-state index in [0.717, 1.165) is 5.56 Å². The van der Waals surface area contributed by atoms with Crippen LogP contribution in [-0.2, 0) is 14.8 Å². The lowest BCUT2D eigenvalue weighted by Gasteiger charge is -2.30. The minimum absolute atomic E-state index is 0.125. The summed E-state index contributed by atoms with van der Waals surface area (Å²) in [7, 11) is -0.150. The standard InChI is InChI=1S/C21H24N4O6S/c1-28-18-5-4-14(10-19(18)29-2)16-11-17-20(23-7-6-22-17)21(24-16)31-13-15-12-25(8-9-30-15)32(3,26)27/h4-7,10-11,15H,8-9,12-13H2,1-3H3. The molecule has 0 N–H and O–H groups in total. The highest BCUT2D eigenvalue weighted by Gasteiger charge is 2.27. The molecule has 1 aliphatic heterocycles. The Morgan fingerprint density at radius 3 is 2.66 bits per heavy atom. The first kappa shape index (κ1) is 22.2. The average Bonchev–Trinajstić information content (AvgIpc) is 2.81. The predicted molar refractivity (Wildman–Crippen MR) is 118 cm³/mol. The summed E-state index contributed by atoms with van der Waals surface area (Å²) in [5, 5.41) is 0. The van der Waals surface area contributed by atoms with Crippen molar-refractivity contribution in [1.82, 2.24) is 19.3 Å². The van der Waals surface area contributed by atoms with Crippen LogP contribution < -0.4 is 14.2 Å². The van der Waals surface area contributed by atoms with E-state index in [4.69, 9.17) is 18.9 Å². The molecular formula is C21H24N4O6S. The topological polar surface area (TPSA) is 113 Å². The van der Waals surface area contributed by atoms with Gasteiger partial charge in [0, 0.05) is 31.0 Å². The lowest BCUT2D eigenvalue weighted by Crippen LogP contribution is -2.47. The van der Waals surface area contributed by atoms with Gasteiger partial charge < -0.3 is 18.9 Å². The third-order valence-corrected chi connectivity index (χ3v) is 6.35. The summed E-state index contributed by atoms with van der Waals surface area (Å²) >= 11 is 0. The molecule has 1 fully saturated rings. The Kier molecular flexibility index (Phi) is 6.40. The fourth-order valence-electron chi connectivity index (χ4n) is 3.45. The summed E-state index contributed by atoms with van der Waals surface area (Å²) in [5.41, 5.74) is 2.53. The molecule has 11 heteroatoms. The van der Waals surface area contributed by atoms with Gasteiger partial charge in [0.25, 0.3) is 0 Å². The van der Waals surface area contributed by atoms with Crippen LogP contribution in [0.5, 0.6) is 17.4 Å². The Balaban J connectivity index is 1.63. The van der Waals surface area contributed by atoms with Gasteiger partial charge in [0.1, 0.15) is 12.7 Å². The number of ether oxygens (including phenoxy) is 4. The van der Waals surface area contributed by atoms with Crippen molar-refractivity contribution in [2.45, 2.75) is 6.10 Å². The monoisotopic (exact) mass is 460 g/mol. The average molecular weight is 461 g/mol. The highest BCUT2D eigenvalue weighted by molar-refractivity contribution is 7.88. The number of nitrogens with zero attached hydrogens (tertiary/aromatic N) is 4. The van der Waals surface area contributed by atoms with Crippen LogP contribution in [0.1, 0.15) is 0 Å². The first-order valence-electron chi connectivity index (χ1n) is 9.92. The quantitative estimate of drug-likeness (QED) is 0.520. The lowest BCUT2D eigenvalue weighted by molar-refractivity contribution is -0.0252. The van der Waals surface area contributed by atoms with Gasteiger partial charge in [0.05, 0.1) is 38.3 Å². The van der Waals surface area contributed by atoms with Gasteiger partial charge in [-0.2, -0.15) is 4.31 Å². The van der Waals surface area contributed by atoms with Crippen LogP contribution in [0.4, 0.5) is 0 Å². The van der Waals surface area contributed by atoms with Gasteiger partial charge in [0.15, 0.2) is 17.0 Å². The van der Waals surface area contributed by atoms with E-state index in [1.54, 1.807) is 32.7 Å². The number of pyridine rings is 1. The number of methoxy groups -OCH3 is 2. The minimum atomic E-state index is -3.29. The molecule has 0 bridgehead atoms. The van der Waals surface area contributed by atoms with Crippen LogP contribution in [0.3, 0.4) is 0 Å². The SMILES string of the molecule is COc1ccc(-c2cc3nccnc3c(OCC3CN(S(C)(=O)=O)CCO3)n2)cc1OC. The molecule has 0 aliphatic carbocycles. The molecule has 0 radical (unpaired) electrons. The second kappa shape index (κ2) is 9.23. The van der Waals surface area contributed by atoms with E-state index in [0.29, 0.717) is 47.3 Å². The molecule has 0 saturated carbocycles. The summed E-state index contributed by atoms with van der Waals surface area (Å²) in [5.74, 6) is 1.48. The van der Waals surface area contributed by atoms with Gasteiger partial charge in [-0.3, -0.25) is 4.98 Å². The third kappa shape index (κ3) is 4.74. The van der Waals surface area contributed by atoms with Crippen molar-refractivity contribution < 1.29 is 27.4 Å². The van der Waals surface area contributed by atoms with Crippen LogP contribution in [0.25, 0.3) is 22.3 Å². The highest BCUT2D eigenvalue weighted by atomic mass is 32.2. The maximum absolute atomic E-state index is 11.9. The summed E-state index contributed by atoms with van der Waals surface area (Å²) in [6.07, 6.45) is 3.93. The Morgan fingerprint density at radius 1 is 1.12 bits per heavy atom. The molecule has 3 aromatic rings. The first-order valence-corrected chi connectivity index (χ1v) is 11.8. The largest absolute Gasteiger partial charge is 0.493 e. The van der Waals surface area contributed by atoms with Gasteiger partial charge in [0.2, 0.25) is 15.9 Å². The number of fused-ring (bicyclic) bond motifs is 1. The fraction of sp³-hybridized carbons (Fsp3) is 0.381.